The van der Waals surface area contributed by atoms with E-state index in [-0.39, 0.29) is 22.5 Å². The average Bonchev–Trinajstić information content (AvgIpc) is 2.41. The molecule has 0 fully saturated rings. The van der Waals surface area contributed by atoms with E-state index in [9.17, 15) is 9.59 Å². The number of anilines is 2. The number of hydrogen-bond acceptors (Lipinski definition) is 4. The molecule has 0 heterocycles. The lowest BCUT2D eigenvalue weighted by Crippen LogP contribution is -2.24. The van der Waals surface area contributed by atoms with Gasteiger partial charge in [0.05, 0.1) is 22.5 Å². The van der Waals surface area contributed by atoms with Crippen molar-refractivity contribution in [2.24, 2.45) is 11.5 Å². The van der Waals surface area contributed by atoms with Crippen molar-refractivity contribution in [1.82, 2.24) is 0 Å². The molecule has 102 valence electrons. The van der Waals surface area contributed by atoms with Crippen molar-refractivity contribution in [3.05, 3.63) is 47.5 Å². The van der Waals surface area contributed by atoms with Crippen molar-refractivity contribution in [2.45, 2.75) is 0 Å². The summed E-state index contributed by atoms with van der Waals surface area (Å²) in [6.45, 7) is 0. The molecule has 20 heavy (non-hydrogen) atoms. The van der Waals surface area contributed by atoms with Crippen LogP contribution < -0.4 is 22.9 Å². The van der Waals surface area contributed by atoms with Gasteiger partial charge in [0.2, 0.25) is 5.91 Å². The zero-order chi connectivity index (χ0) is 14.9. The molecule has 0 aromatic heterocycles. The Hall–Kier alpha value is -3.02. The van der Waals surface area contributed by atoms with E-state index in [0.29, 0.717) is 11.1 Å². The molecular formula is C14H14N4O2. The van der Waals surface area contributed by atoms with Gasteiger partial charge >= 0.3 is 0 Å². The van der Waals surface area contributed by atoms with Gasteiger partial charge < -0.3 is 22.9 Å². The molecule has 0 unspecified atom stereocenters. The highest BCUT2D eigenvalue weighted by Gasteiger charge is 2.23. The molecule has 2 aromatic rings. The number of hydrogen-bond donors (Lipinski definition) is 4. The lowest BCUT2D eigenvalue weighted by molar-refractivity contribution is 0.0968. The Labute approximate surface area is 115 Å². The Kier molecular flexibility index (Phi) is 3.30. The number of rotatable bonds is 3. The monoisotopic (exact) mass is 270 g/mol. The summed E-state index contributed by atoms with van der Waals surface area (Å²) in [7, 11) is 0. The van der Waals surface area contributed by atoms with Crippen molar-refractivity contribution < 1.29 is 9.59 Å². The Morgan fingerprint density at radius 2 is 1.40 bits per heavy atom. The second-order valence-electron chi connectivity index (χ2n) is 4.27. The first-order valence-corrected chi connectivity index (χ1v) is 5.80. The summed E-state index contributed by atoms with van der Waals surface area (Å²) in [5.74, 6) is -1.63. The van der Waals surface area contributed by atoms with Crippen LogP contribution >= 0.6 is 0 Å². The zero-order valence-corrected chi connectivity index (χ0v) is 10.6. The van der Waals surface area contributed by atoms with Crippen LogP contribution in [0.2, 0.25) is 0 Å². The van der Waals surface area contributed by atoms with Gasteiger partial charge in [0.15, 0.2) is 0 Å². The molecule has 0 radical (unpaired) electrons. The highest BCUT2D eigenvalue weighted by atomic mass is 16.2. The van der Waals surface area contributed by atoms with Gasteiger partial charge in [0.1, 0.15) is 0 Å². The first-order chi connectivity index (χ1) is 9.43. The molecule has 2 rings (SSSR count). The summed E-state index contributed by atoms with van der Waals surface area (Å²) in [5, 5.41) is 0. The van der Waals surface area contributed by atoms with E-state index in [2.05, 4.69) is 0 Å². The van der Waals surface area contributed by atoms with Crippen LogP contribution in [0.25, 0.3) is 11.1 Å². The maximum absolute atomic E-state index is 11.7. The molecule has 0 aliphatic carbocycles. The Morgan fingerprint density at radius 3 is 1.90 bits per heavy atom. The summed E-state index contributed by atoms with van der Waals surface area (Å²) >= 11 is 0. The predicted octanol–water partition coefficient (Wildman–Crippen LogP) is 0.716. The van der Waals surface area contributed by atoms with Crippen LogP contribution in [0.15, 0.2) is 36.4 Å². The largest absolute Gasteiger partial charge is 0.397 e. The maximum Gasteiger partial charge on any atom is 0.251 e. The fourth-order valence-corrected chi connectivity index (χ4v) is 2.08. The van der Waals surface area contributed by atoms with Crippen LogP contribution in [0, 0.1) is 0 Å². The smallest absolute Gasteiger partial charge is 0.251 e. The quantitative estimate of drug-likeness (QED) is 0.610. The second-order valence-corrected chi connectivity index (χ2v) is 4.27. The van der Waals surface area contributed by atoms with Gasteiger partial charge in [-0.05, 0) is 17.2 Å². The summed E-state index contributed by atoms with van der Waals surface area (Å²) in [5.41, 5.74) is 23.3. The number of nitrogen functional groups attached to an aromatic ring is 2. The SMILES string of the molecule is NC(=O)c1c(-c2ccccc2)cc(N)c(N)c1C(N)=O. The minimum absolute atomic E-state index is 0.0181. The number of carbonyl (C=O) groups is 2. The number of amides is 2. The van der Waals surface area contributed by atoms with Crippen molar-refractivity contribution in [3.63, 3.8) is 0 Å². The third-order valence-electron chi connectivity index (χ3n) is 2.98. The Bertz CT molecular complexity index is 696. The van der Waals surface area contributed by atoms with Gasteiger partial charge in [-0.25, -0.2) is 0 Å². The minimum atomic E-state index is -0.846. The molecule has 6 nitrogen and oxygen atoms in total. The first-order valence-electron chi connectivity index (χ1n) is 5.80. The standard InChI is InChI=1S/C14H14N4O2/c15-9-6-8(7-4-2-1-3-5-7)10(13(17)19)11(12(9)16)14(18)20/h1-6H,15-16H2,(H2,17,19)(H2,18,20). The van der Waals surface area contributed by atoms with Gasteiger partial charge in [-0.1, -0.05) is 30.3 Å². The van der Waals surface area contributed by atoms with Crippen molar-refractivity contribution in [2.75, 3.05) is 11.5 Å². The molecule has 2 aromatic carbocycles. The normalized spacial score (nSPS) is 10.2. The molecule has 0 aliphatic heterocycles. The lowest BCUT2D eigenvalue weighted by atomic mass is 9.92. The number of nitrogens with two attached hydrogens (primary N) is 4. The van der Waals surface area contributed by atoms with Crippen LogP contribution in [-0.2, 0) is 0 Å². The predicted molar refractivity (Wildman–Crippen MR) is 77.7 cm³/mol. The highest BCUT2D eigenvalue weighted by molar-refractivity contribution is 6.15. The van der Waals surface area contributed by atoms with Crippen molar-refractivity contribution in [1.29, 1.82) is 0 Å². The van der Waals surface area contributed by atoms with Gasteiger partial charge in [-0.3, -0.25) is 9.59 Å². The fourth-order valence-electron chi connectivity index (χ4n) is 2.08. The van der Waals surface area contributed by atoms with Crippen LogP contribution in [-0.4, -0.2) is 11.8 Å². The molecule has 0 bridgehead atoms. The van der Waals surface area contributed by atoms with Gasteiger partial charge in [-0.15, -0.1) is 0 Å². The first kappa shape index (κ1) is 13.4. The Morgan fingerprint density at radius 1 is 0.850 bits per heavy atom. The van der Waals surface area contributed by atoms with Gasteiger partial charge in [0.25, 0.3) is 5.91 Å². The van der Waals surface area contributed by atoms with Crippen molar-refractivity contribution >= 4 is 23.2 Å². The summed E-state index contributed by atoms with van der Waals surface area (Å²) in [6.07, 6.45) is 0. The molecule has 0 atom stereocenters. The highest BCUT2D eigenvalue weighted by Crippen LogP contribution is 2.33. The van der Waals surface area contributed by atoms with E-state index in [1.165, 1.54) is 6.07 Å². The summed E-state index contributed by atoms with van der Waals surface area (Å²) < 4.78 is 0. The molecule has 0 aliphatic rings. The van der Waals surface area contributed by atoms with E-state index in [4.69, 9.17) is 22.9 Å². The van der Waals surface area contributed by atoms with Crippen LogP contribution in [0.1, 0.15) is 20.7 Å². The molecule has 2 amide bonds. The molecular weight excluding hydrogens is 256 g/mol. The van der Waals surface area contributed by atoms with E-state index in [1.807, 2.05) is 6.07 Å². The minimum Gasteiger partial charge on any atom is -0.397 e. The molecule has 8 N–H and O–H groups in total. The average molecular weight is 270 g/mol. The Balaban J connectivity index is 2.88. The van der Waals surface area contributed by atoms with Crippen molar-refractivity contribution in [3.8, 4) is 11.1 Å². The number of primary amides is 2. The third-order valence-corrected chi connectivity index (χ3v) is 2.98. The molecule has 6 heteroatoms. The number of carbonyl (C=O) groups excluding carboxylic acids is 2. The third kappa shape index (κ3) is 2.14. The second kappa shape index (κ2) is 4.93. The van der Waals surface area contributed by atoms with Gasteiger partial charge in [0, 0.05) is 0 Å². The van der Waals surface area contributed by atoms with Gasteiger partial charge in [-0.2, -0.15) is 0 Å². The van der Waals surface area contributed by atoms with E-state index in [0.717, 1.165) is 0 Å². The molecule has 0 spiro atoms. The van der Waals surface area contributed by atoms with E-state index in [1.54, 1.807) is 24.3 Å². The molecule has 0 saturated heterocycles. The lowest BCUT2D eigenvalue weighted by Gasteiger charge is -2.15. The van der Waals surface area contributed by atoms with E-state index < -0.39 is 11.8 Å². The number of benzene rings is 2. The topological polar surface area (TPSA) is 138 Å². The molecule has 0 saturated carbocycles. The maximum atomic E-state index is 11.7. The van der Waals surface area contributed by atoms with Crippen LogP contribution in [0.5, 0.6) is 0 Å². The van der Waals surface area contributed by atoms with E-state index >= 15 is 0 Å². The summed E-state index contributed by atoms with van der Waals surface area (Å²) in [6, 6.07) is 10.4. The summed E-state index contributed by atoms with van der Waals surface area (Å²) in [4.78, 5) is 23.3. The zero-order valence-electron chi connectivity index (χ0n) is 10.6. The van der Waals surface area contributed by atoms with Crippen LogP contribution in [0.4, 0.5) is 11.4 Å². The fraction of sp³-hybridized carbons (Fsp3) is 0. The van der Waals surface area contributed by atoms with Crippen LogP contribution in [0.3, 0.4) is 0 Å².